The van der Waals surface area contributed by atoms with Gasteiger partial charge in [0.25, 0.3) is 5.91 Å². The van der Waals surface area contributed by atoms with Crippen molar-refractivity contribution in [3.63, 3.8) is 0 Å². The summed E-state index contributed by atoms with van der Waals surface area (Å²) in [6.07, 6.45) is 2.13. The summed E-state index contributed by atoms with van der Waals surface area (Å²) in [5.41, 5.74) is 1.84. The van der Waals surface area contributed by atoms with Gasteiger partial charge in [-0.05, 0) is 14.1 Å². The molecule has 2 aliphatic rings. The highest BCUT2D eigenvalue weighted by molar-refractivity contribution is 6.04. The Morgan fingerprint density at radius 3 is 3.00 bits per heavy atom. The van der Waals surface area contributed by atoms with Crippen LogP contribution in [0.5, 0.6) is 0 Å². The van der Waals surface area contributed by atoms with E-state index in [-0.39, 0.29) is 18.0 Å². The van der Waals surface area contributed by atoms with Gasteiger partial charge < -0.3 is 14.8 Å². The van der Waals surface area contributed by atoms with E-state index in [1.54, 1.807) is 11.2 Å². The molecule has 102 valence electrons. The van der Waals surface area contributed by atoms with Crippen LogP contribution in [0.3, 0.4) is 0 Å². The Morgan fingerprint density at radius 2 is 2.26 bits per heavy atom. The van der Waals surface area contributed by atoms with Crippen molar-refractivity contribution in [3.05, 3.63) is 17.7 Å². The smallest absolute Gasteiger partial charge is 0.327 e. The van der Waals surface area contributed by atoms with E-state index < -0.39 is 0 Å². The van der Waals surface area contributed by atoms with E-state index in [4.69, 9.17) is 0 Å². The minimum absolute atomic E-state index is 0.0968. The van der Waals surface area contributed by atoms with Crippen molar-refractivity contribution in [2.24, 2.45) is 0 Å². The fourth-order valence-corrected chi connectivity index (χ4v) is 2.59. The van der Waals surface area contributed by atoms with Crippen LogP contribution >= 0.6 is 0 Å². The van der Waals surface area contributed by atoms with Gasteiger partial charge in [-0.1, -0.05) is 0 Å². The molecule has 0 aliphatic carbocycles. The molecule has 7 heteroatoms. The van der Waals surface area contributed by atoms with E-state index in [9.17, 15) is 9.59 Å². The molecule has 0 saturated carbocycles. The summed E-state index contributed by atoms with van der Waals surface area (Å²) in [4.78, 5) is 36.8. The topological polar surface area (TPSA) is 72.5 Å². The lowest BCUT2D eigenvalue weighted by Gasteiger charge is -2.25. The van der Waals surface area contributed by atoms with E-state index in [0.29, 0.717) is 26.1 Å². The summed E-state index contributed by atoms with van der Waals surface area (Å²) in [6.45, 7) is 1.57. The summed E-state index contributed by atoms with van der Waals surface area (Å²) < 4.78 is 0. The average Bonchev–Trinajstić information content (AvgIpc) is 2.91. The summed E-state index contributed by atoms with van der Waals surface area (Å²) >= 11 is 0. The number of carbonyl (C=O) groups is 2. The minimum Gasteiger partial charge on any atom is -0.347 e. The van der Waals surface area contributed by atoms with Crippen LogP contribution < -0.4 is 0 Å². The molecule has 0 spiro atoms. The molecular weight excluding hydrogens is 246 g/mol. The minimum atomic E-state index is -0.370. The van der Waals surface area contributed by atoms with Gasteiger partial charge in [0, 0.05) is 19.5 Å². The Hall–Kier alpha value is -1.89. The molecule has 1 unspecified atom stereocenters. The molecule has 1 N–H and O–H groups in total. The first kappa shape index (κ1) is 12.2. The molecule has 0 bridgehead atoms. The van der Waals surface area contributed by atoms with Crippen LogP contribution in [-0.2, 0) is 17.8 Å². The van der Waals surface area contributed by atoms with E-state index in [1.165, 1.54) is 4.90 Å². The molecular formula is C12H17N5O2. The van der Waals surface area contributed by atoms with Gasteiger partial charge in [-0.15, -0.1) is 0 Å². The molecule has 1 saturated heterocycles. The summed E-state index contributed by atoms with van der Waals surface area (Å²) in [5.74, 6) is -0.0968. The van der Waals surface area contributed by atoms with Crippen LogP contribution in [-0.4, -0.2) is 69.8 Å². The van der Waals surface area contributed by atoms with E-state index in [0.717, 1.165) is 11.4 Å². The number of aromatic nitrogens is 2. The van der Waals surface area contributed by atoms with Gasteiger partial charge in [0.2, 0.25) is 0 Å². The standard InChI is InChI=1S/C12H17N5O2/c1-15(2)3-4-16-11(18)10-5-8-9(14-7-13-8)6-17(10)12(16)19/h7,10H,3-6H2,1-2H3,(H,13,14). The quantitative estimate of drug-likeness (QED) is 0.757. The van der Waals surface area contributed by atoms with Crippen molar-refractivity contribution in [1.82, 2.24) is 24.7 Å². The van der Waals surface area contributed by atoms with Gasteiger partial charge in [-0.2, -0.15) is 0 Å². The Balaban J connectivity index is 1.79. The molecule has 1 fully saturated rings. The number of aromatic amines is 1. The highest BCUT2D eigenvalue weighted by Gasteiger charge is 2.47. The number of hydrogen-bond donors (Lipinski definition) is 1. The number of likely N-dealkylation sites (N-methyl/N-ethyl adjacent to an activating group) is 1. The summed E-state index contributed by atoms with van der Waals surface area (Å²) in [7, 11) is 3.85. The molecule has 3 heterocycles. The van der Waals surface area contributed by atoms with Crippen molar-refractivity contribution in [1.29, 1.82) is 0 Å². The van der Waals surface area contributed by atoms with Crippen molar-refractivity contribution in [2.75, 3.05) is 27.2 Å². The highest BCUT2D eigenvalue weighted by Crippen LogP contribution is 2.28. The number of carbonyl (C=O) groups excluding carboxylic acids is 2. The number of H-pyrrole nitrogens is 1. The third-order valence-electron chi connectivity index (χ3n) is 3.70. The zero-order valence-electron chi connectivity index (χ0n) is 11.1. The predicted octanol–water partition coefficient (Wildman–Crippen LogP) is -0.340. The molecule has 3 amide bonds. The first-order valence-corrected chi connectivity index (χ1v) is 6.35. The number of rotatable bonds is 3. The van der Waals surface area contributed by atoms with Gasteiger partial charge in [0.05, 0.1) is 24.3 Å². The van der Waals surface area contributed by atoms with E-state index >= 15 is 0 Å². The molecule has 0 aromatic carbocycles. The lowest BCUT2D eigenvalue weighted by Crippen LogP contribution is -2.40. The first-order valence-electron chi connectivity index (χ1n) is 6.35. The van der Waals surface area contributed by atoms with Crippen molar-refractivity contribution in [2.45, 2.75) is 19.0 Å². The van der Waals surface area contributed by atoms with Crippen LogP contribution in [0.15, 0.2) is 6.33 Å². The average molecular weight is 263 g/mol. The molecule has 1 atom stereocenters. The third-order valence-corrected chi connectivity index (χ3v) is 3.70. The third kappa shape index (κ3) is 1.90. The SMILES string of the molecule is CN(C)CCN1C(=O)C2Cc3nc[nH]c3CN2C1=O. The number of nitrogens with zero attached hydrogens (tertiary/aromatic N) is 4. The maximum Gasteiger partial charge on any atom is 0.327 e. The molecule has 3 rings (SSSR count). The molecule has 1 aromatic rings. The second-order valence-corrected chi connectivity index (χ2v) is 5.25. The van der Waals surface area contributed by atoms with Crippen LogP contribution in [0.25, 0.3) is 0 Å². The number of amides is 3. The number of imide groups is 1. The van der Waals surface area contributed by atoms with Gasteiger partial charge >= 0.3 is 6.03 Å². The van der Waals surface area contributed by atoms with Crippen LogP contribution in [0.4, 0.5) is 4.79 Å². The van der Waals surface area contributed by atoms with Gasteiger partial charge in [-0.25, -0.2) is 9.78 Å². The van der Waals surface area contributed by atoms with Crippen LogP contribution in [0.2, 0.25) is 0 Å². The normalized spacial score (nSPS) is 22.2. The van der Waals surface area contributed by atoms with Gasteiger partial charge in [-0.3, -0.25) is 9.69 Å². The van der Waals surface area contributed by atoms with Crippen LogP contribution in [0.1, 0.15) is 11.4 Å². The lowest BCUT2D eigenvalue weighted by molar-refractivity contribution is -0.128. The number of urea groups is 1. The van der Waals surface area contributed by atoms with Crippen LogP contribution in [0, 0.1) is 0 Å². The fraction of sp³-hybridized carbons (Fsp3) is 0.583. The summed E-state index contributed by atoms with van der Waals surface area (Å²) in [5, 5.41) is 0. The number of imidazole rings is 1. The fourth-order valence-electron chi connectivity index (χ4n) is 2.59. The Morgan fingerprint density at radius 1 is 1.47 bits per heavy atom. The monoisotopic (exact) mass is 263 g/mol. The molecule has 19 heavy (non-hydrogen) atoms. The van der Waals surface area contributed by atoms with Crippen molar-refractivity contribution < 1.29 is 9.59 Å². The Labute approximate surface area is 111 Å². The van der Waals surface area contributed by atoms with Crippen molar-refractivity contribution >= 4 is 11.9 Å². The van der Waals surface area contributed by atoms with Crippen molar-refractivity contribution in [3.8, 4) is 0 Å². The molecule has 2 aliphatic heterocycles. The maximum atomic E-state index is 12.3. The number of hydrogen-bond acceptors (Lipinski definition) is 4. The Kier molecular flexibility index (Phi) is 2.78. The predicted molar refractivity (Wildman–Crippen MR) is 67.3 cm³/mol. The zero-order chi connectivity index (χ0) is 13.6. The van der Waals surface area contributed by atoms with E-state index in [2.05, 4.69) is 9.97 Å². The second kappa shape index (κ2) is 4.34. The molecule has 7 nitrogen and oxygen atoms in total. The summed E-state index contributed by atoms with van der Waals surface area (Å²) in [6, 6.07) is -0.553. The maximum absolute atomic E-state index is 12.3. The number of nitrogens with one attached hydrogen (secondary N) is 1. The molecule has 1 aromatic heterocycles. The highest BCUT2D eigenvalue weighted by atomic mass is 16.2. The largest absolute Gasteiger partial charge is 0.347 e. The van der Waals surface area contributed by atoms with Gasteiger partial charge in [0.15, 0.2) is 0 Å². The van der Waals surface area contributed by atoms with Gasteiger partial charge in [0.1, 0.15) is 6.04 Å². The lowest BCUT2D eigenvalue weighted by atomic mass is 10.0. The zero-order valence-corrected chi connectivity index (χ0v) is 11.1. The first-order chi connectivity index (χ1) is 9.08. The Bertz CT molecular complexity index is 485. The second-order valence-electron chi connectivity index (χ2n) is 5.25. The van der Waals surface area contributed by atoms with E-state index in [1.807, 2.05) is 19.0 Å². The number of fused-ring (bicyclic) bond motifs is 2. The molecule has 0 radical (unpaired) electrons.